The van der Waals surface area contributed by atoms with Crippen LogP contribution in [0, 0.1) is 13.8 Å². The number of hydrogen-bond acceptors (Lipinski definition) is 3. The second-order valence-corrected chi connectivity index (χ2v) is 4.60. The molecule has 16 heavy (non-hydrogen) atoms. The average Bonchev–Trinajstić information content (AvgIpc) is 2.48. The number of nitrogens with one attached hydrogen (secondary N) is 1. The lowest BCUT2D eigenvalue weighted by molar-refractivity contribution is 0.274. The summed E-state index contributed by atoms with van der Waals surface area (Å²) in [6, 6.07) is 2.14. The van der Waals surface area contributed by atoms with Crippen molar-refractivity contribution < 1.29 is 0 Å². The Morgan fingerprint density at radius 2 is 2.12 bits per heavy atom. The fourth-order valence-electron chi connectivity index (χ4n) is 2.26. The SMILES string of the molecule is Cc1cc(C)n(CCN2CCCNCC2)n1. The summed E-state index contributed by atoms with van der Waals surface area (Å²) in [5.74, 6) is 0. The van der Waals surface area contributed by atoms with E-state index in [9.17, 15) is 0 Å². The van der Waals surface area contributed by atoms with E-state index >= 15 is 0 Å². The zero-order valence-electron chi connectivity index (χ0n) is 10.4. The number of nitrogens with zero attached hydrogens (tertiary/aromatic N) is 3. The van der Waals surface area contributed by atoms with E-state index in [0.29, 0.717) is 0 Å². The van der Waals surface area contributed by atoms with Crippen LogP contribution in [0.5, 0.6) is 0 Å². The third kappa shape index (κ3) is 3.06. The minimum atomic E-state index is 1.01. The van der Waals surface area contributed by atoms with Crippen LogP contribution < -0.4 is 5.32 Å². The highest BCUT2D eigenvalue weighted by molar-refractivity contribution is 5.06. The van der Waals surface area contributed by atoms with Gasteiger partial charge in [0.15, 0.2) is 0 Å². The van der Waals surface area contributed by atoms with E-state index in [1.807, 2.05) is 0 Å². The molecule has 1 aliphatic rings. The molecule has 1 aliphatic heterocycles. The number of aromatic nitrogens is 2. The summed E-state index contributed by atoms with van der Waals surface area (Å²) < 4.78 is 2.12. The van der Waals surface area contributed by atoms with E-state index in [4.69, 9.17) is 0 Å². The normalized spacial score (nSPS) is 18.6. The van der Waals surface area contributed by atoms with Gasteiger partial charge in [-0.05, 0) is 39.4 Å². The Hall–Kier alpha value is -0.870. The van der Waals surface area contributed by atoms with Crippen molar-refractivity contribution in [2.24, 2.45) is 0 Å². The first-order chi connectivity index (χ1) is 7.75. The topological polar surface area (TPSA) is 33.1 Å². The molecular weight excluding hydrogens is 200 g/mol. The van der Waals surface area contributed by atoms with Gasteiger partial charge in [-0.15, -0.1) is 0 Å². The average molecular weight is 222 g/mol. The molecule has 0 atom stereocenters. The molecule has 1 aromatic rings. The third-order valence-corrected chi connectivity index (χ3v) is 3.16. The van der Waals surface area contributed by atoms with Gasteiger partial charge >= 0.3 is 0 Å². The van der Waals surface area contributed by atoms with Crippen LogP contribution in [0.3, 0.4) is 0 Å². The summed E-state index contributed by atoms with van der Waals surface area (Å²) in [7, 11) is 0. The van der Waals surface area contributed by atoms with Crippen LogP contribution in [0.1, 0.15) is 17.8 Å². The summed E-state index contributed by atoms with van der Waals surface area (Å²) in [6.07, 6.45) is 1.26. The maximum atomic E-state index is 4.49. The van der Waals surface area contributed by atoms with Gasteiger partial charge in [-0.3, -0.25) is 4.68 Å². The van der Waals surface area contributed by atoms with Gasteiger partial charge in [0.05, 0.1) is 12.2 Å². The Bertz CT molecular complexity index is 324. The van der Waals surface area contributed by atoms with Crippen LogP contribution in [-0.2, 0) is 6.54 Å². The number of aryl methyl sites for hydroxylation is 2. The molecule has 1 fully saturated rings. The Kier molecular flexibility index (Phi) is 3.96. The lowest BCUT2D eigenvalue weighted by Crippen LogP contribution is -2.31. The molecular formula is C12H22N4. The zero-order chi connectivity index (χ0) is 11.4. The number of rotatable bonds is 3. The molecule has 0 amide bonds. The van der Waals surface area contributed by atoms with Gasteiger partial charge in [0.25, 0.3) is 0 Å². The molecule has 2 rings (SSSR count). The third-order valence-electron chi connectivity index (χ3n) is 3.16. The van der Waals surface area contributed by atoms with Crippen molar-refractivity contribution in [3.8, 4) is 0 Å². The first kappa shape index (κ1) is 11.6. The lowest BCUT2D eigenvalue weighted by atomic mass is 10.4. The predicted molar refractivity (Wildman–Crippen MR) is 65.6 cm³/mol. The maximum Gasteiger partial charge on any atom is 0.0596 e. The second kappa shape index (κ2) is 5.46. The standard InChI is InChI=1S/C12H22N4/c1-11-10-12(2)16(14-11)9-8-15-6-3-4-13-5-7-15/h10,13H,3-9H2,1-2H3. The molecule has 1 aromatic heterocycles. The minimum absolute atomic E-state index is 1.01. The van der Waals surface area contributed by atoms with E-state index in [2.05, 4.69) is 39.9 Å². The van der Waals surface area contributed by atoms with E-state index in [1.54, 1.807) is 0 Å². The first-order valence-electron chi connectivity index (χ1n) is 6.20. The van der Waals surface area contributed by atoms with Crippen molar-refractivity contribution >= 4 is 0 Å². The highest BCUT2D eigenvalue weighted by Gasteiger charge is 2.09. The van der Waals surface area contributed by atoms with Gasteiger partial charge in [-0.2, -0.15) is 5.10 Å². The van der Waals surface area contributed by atoms with Gasteiger partial charge in [0.2, 0.25) is 0 Å². The Morgan fingerprint density at radius 1 is 1.25 bits per heavy atom. The van der Waals surface area contributed by atoms with Crippen molar-refractivity contribution in [3.05, 3.63) is 17.5 Å². The van der Waals surface area contributed by atoms with Crippen LogP contribution in [-0.4, -0.2) is 47.4 Å². The predicted octanol–water partition coefficient (Wildman–Crippen LogP) is 0.795. The van der Waals surface area contributed by atoms with Crippen molar-refractivity contribution in [3.63, 3.8) is 0 Å². The molecule has 0 aliphatic carbocycles. The summed E-state index contributed by atoms with van der Waals surface area (Å²) in [5.41, 5.74) is 2.39. The fraction of sp³-hybridized carbons (Fsp3) is 0.750. The van der Waals surface area contributed by atoms with Crippen LogP contribution >= 0.6 is 0 Å². The van der Waals surface area contributed by atoms with Gasteiger partial charge in [-0.1, -0.05) is 0 Å². The van der Waals surface area contributed by atoms with Crippen molar-refractivity contribution in [2.45, 2.75) is 26.8 Å². The van der Waals surface area contributed by atoms with Crippen molar-refractivity contribution in [2.75, 3.05) is 32.7 Å². The maximum absolute atomic E-state index is 4.49. The highest BCUT2D eigenvalue weighted by atomic mass is 15.3. The number of hydrogen-bond donors (Lipinski definition) is 1. The van der Waals surface area contributed by atoms with E-state index in [1.165, 1.54) is 25.2 Å². The Balaban J connectivity index is 1.84. The monoisotopic (exact) mass is 222 g/mol. The van der Waals surface area contributed by atoms with Gasteiger partial charge in [0, 0.05) is 25.3 Å². The first-order valence-corrected chi connectivity index (χ1v) is 6.20. The molecule has 0 bridgehead atoms. The van der Waals surface area contributed by atoms with Gasteiger partial charge in [0.1, 0.15) is 0 Å². The molecule has 0 radical (unpaired) electrons. The molecule has 0 saturated carbocycles. The van der Waals surface area contributed by atoms with Crippen LogP contribution in [0.4, 0.5) is 0 Å². The second-order valence-electron chi connectivity index (χ2n) is 4.60. The molecule has 1 saturated heterocycles. The van der Waals surface area contributed by atoms with E-state index < -0.39 is 0 Å². The van der Waals surface area contributed by atoms with E-state index in [0.717, 1.165) is 31.9 Å². The molecule has 0 unspecified atom stereocenters. The lowest BCUT2D eigenvalue weighted by Gasteiger charge is -2.19. The molecule has 4 heteroatoms. The Labute approximate surface area is 97.6 Å². The molecule has 1 N–H and O–H groups in total. The highest BCUT2D eigenvalue weighted by Crippen LogP contribution is 2.03. The largest absolute Gasteiger partial charge is 0.315 e. The summed E-state index contributed by atoms with van der Waals surface area (Å²) in [4.78, 5) is 2.52. The molecule has 2 heterocycles. The van der Waals surface area contributed by atoms with Crippen molar-refractivity contribution in [1.29, 1.82) is 0 Å². The molecule has 4 nitrogen and oxygen atoms in total. The quantitative estimate of drug-likeness (QED) is 0.821. The molecule has 0 spiro atoms. The summed E-state index contributed by atoms with van der Waals surface area (Å²) >= 11 is 0. The molecule has 90 valence electrons. The Morgan fingerprint density at radius 3 is 2.88 bits per heavy atom. The smallest absolute Gasteiger partial charge is 0.0596 e. The van der Waals surface area contributed by atoms with Crippen LogP contribution in [0.25, 0.3) is 0 Å². The van der Waals surface area contributed by atoms with E-state index in [-0.39, 0.29) is 0 Å². The van der Waals surface area contributed by atoms with Gasteiger partial charge in [-0.25, -0.2) is 0 Å². The summed E-state index contributed by atoms with van der Waals surface area (Å²) in [6.45, 7) is 11.0. The minimum Gasteiger partial charge on any atom is -0.315 e. The summed E-state index contributed by atoms with van der Waals surface area (Å²) in [5, 5.41) is 7.92. The molecule has 0 aromatic carbocycles. The zero-order valence-corrected chi connectivity index (χ0v) is 10.4. The van der Waals surface area contributed by atoms with Crippen LogP contribution in [0.2, 0.25) is 0 Å². The van der Waals surface area contributed by atoms with Crippen LogP contribution in [0.15, 0.2) is 6.07 Å². The van der Waals surface area contributed by atoms with Crippen molar-refractivity contribution in [1.82, 2.24) is 20.0 Å². The van der Waals surface area contributed by atoms with Gasteiger partial charge < -0.3 is 10.2 Å². The fourth-order valence-corrected chi connectivity index (χ4v) is 2.26.